The number of rotatable bonds is 4. The Labute approximate surface area is 158 Å². The third kappa shape index (κ3) is 3.71. The van der Waals surface area contributed by atoms with E-state index in [4.69, 9.17) is 0 Å². The highest BCUT2D eigenvalue weighted by Crippen LogP contribution is 2.23. The van der Waals surface area contributed by atoms with E-state index in [-0.39, 0.29) is 16.8 Å². The van der Waals surface area contributed by atoms with E-state index in [1.54, 1.807) is 25.3 Å². The first-order valence-electron chi connectivity index (χ1n) is 8.55. The van der Waals surface area contributed by atoms with Gasteiger partial charge < -0.3 is 5.32 Å². The Hall–Kier alpha value is -2.74. The maximum absolute atomic E-state index is 12.8. The first-order valence-corrected chi connectivity index (χ1v) is 10.4. The highest BCUT2D eigenvalue weighted by Gasteiger charge is 2.17. The highest BCUT2D eigenvalue weighted by molar-refractivity contribution is 7.90. The molecule has 0 saturated heterocycles. The molecule has 0 radical (unpaired) electrons. The number of amides is 1. The first-order chi connectivity index (χ1) is 12.6. The lowest BCUT2D eigenvalue weighted by atomic mass is 10.1. The summed E-state index contributed by atoms with van der Waals surface area (Å²) in [6.45, 7) is 7.61. The molecule has 27 heavy (non-hydrogen) atoms. The summed E-state index contributed by atoms with van der Waals surface area (Å²) in [5.41, 5.74) is 2.97. The average Bonchev–Trinajstić information content (AvgIpc) is 2.97. The number of carbonyl (C=O) groups excluding carboxylic acids is 1. The van der Waals surface area contributed by atoms with Crippen LogP contribution < -0.4 is 5.32 Å². The second-order valence-electron chi connectivity index (χ2n) is 6.92. The molecule has 0 atom stereocenters. The van der Waals surface area contributed by atoms with Crippen molar-refractivity contribution in [3.8, 4) is 0 Å². The molecule has 0 aliphatic carbocycles. The number of benzene rings is 1. The minimum absolute atomic E-state index is 0.159. The summed E-state index contributed by atoms with van der Waals surface area (Å²) in [5.74, 6) is -0.340. The first kappa shape index (κ1) is 19.0. The molecule has 2 aromatic heterocycles. The fourth-order valence-electron chi connectivity index (χ4n) is 2.83. The second kappa shape index (κ2) is 6.77. The molecule has 8 heteroatoms. The molecule has 3 rings (SSSR count). The number of hydrogen-bond acceptors (Lipinski definition) is 5. The van der Waals surface area contributed by atoms with Gasteiger partial charge in [0.15, 0.2) is 15.5 Å². The van der Waals surface area contributed by atoms with E-state index in [1.165, 1.54) is 12.1 Å². The number of carbonyl (C=O) groups is 1. The number of anilines is 1. The number of aromatic nitrogens is 3. The van der Waals surface area contributed by atoms with Gasteiger partial charge in [0, 0.05) is 23.4 Å². The van der Waals surface area contributed by atoms with E-state index in [1.807, 2.05) is 25.5 Å². The molecule has 0 bridgehead atoms. The van der Waals surface area contributed by atoms with Crippen molar-refractivity contribution in [2.75, 3.05) is 11.6 Å². The van der Waals surface area contributed by atoms with Crippen LogP contribution in [0.4, 0.5) is 5.69 Å². The van der Waals surface area contributed by atoms with Gasteiger partial charge in [-0.15, -0.1) is 0 Å². The zero-order valence-electron chi connectivity index (χ0n) is 15.9. The van der Waals surface area contributed by atoms with Crippen LogP contribution in [-0.4, -0.2) is 35.3 Å². The van der Waals surface area contributed by atoms with Crippen molar-refractivity contribution >= 4 is 32.5 Å². The summed E-state index contributed by atoms with van der Waals surface area (Å²) in [6, 6.07) is 6.59. The minimum atomic E-state index is -3.36. The zero-order chi connectivity index (χ0) is 19.9. The van der Waals surface area contributed by atoms with Crippen molar-refractivity contribution in [2.24, 2.45) is 0 Å². The van der Waals surface area contributed by atoms with Crippen LogP contribution in [0.5, 0.6) is 0 Å². The molecular formula is C19H22N4O3S. The van der Waals surface area contributed by atoms with Crippen LogP contribution in [0.2, 0.25) is 0 Å². The number of pyridine rings is 1. The van der Waals surface area contributed by atoms with Crippen LogP contribution >= 0.6 is 0 Å². The van der Waals surface area contributed by atoms with Gasteiger partial charge in [0.25, 0.3) is 5.91 Å². The molecule has 7 nitrogen and oxygen atoms in total. The van der Waals surface area contributed by atoms with Crippen molar-refractivity contribution in [3.05, 3.63) is 47.3 Å². The fourth-order valence-corrected chi connectivity index (χ4v) is 3.48. The molecule has 1 amide bonds. The van der Waals surface area contributed by atoms with Crippen molar-refractivity contribution in [2.45, 2.75) is 38.6 Å². The number of sulfone groups is 1. The van der Waals surface area contributed by atoms with E-state index < -0.39 is 9.84 Å². The molecule has 0 unspecified atom stereocenters. The molecule has 142 valence electrons. The third-order valence-corrected chi connectivity index (χ3v) is 5.49. The van der Waals surface area contributed by atoms with Crippen molar-refractivity contribution < 1.29 is 13.2 Å². The van der Waals surface area contributed by atoms with Gasteiger partial charge in [-0.05, 0) is 51.5 Å². The van der Waals surface area contributed by atoms with Crippen LogP contribution in [0, 0.1) is 13.8 Å². The van der Waals surface area contributed by atoms with E-state index in [9.17, 15) is 13.2 Å². The molecule has 1 N–H and O–H groups in total. The number of nitrogens with zero attached hydrogens (tertiary/aromatic N) is 3. The van der Waals surface area contributed by atoms with Gasteiger partial charge in [0.05, 0.1) is 22.3 Å². The quantitative estimate of drug-likeness (QED) is 0.742. The number of aryl methyl sites for hydroxylation is 2. The topological polar surface area (TPSA) is 94.0 Å². The molecule has 2 heterocycles. The van der Waals surface area contributed by atoms with Gasteiger partial charge in [-0.25, -0.2) is 18.1 Å². The van der Waals surface area contributed by atoms with Gasteiger partial charge in [0.2, 0.25) is 0 Å². The lowest BCUT2D eigenvalue weighted by Crippen LogP contribution is -2.16. The maximum Gasteiger partial charge on any atom is 0.257 e. The Kier molecular flexibility index (Phi) is 4.77. The van der Waals surface area contributed by atoms with Crippen molar-refractivity contribution in [1.29, 1.82) is 0 Å². The summed E-state index contributed by atoms with van der Waals surface area (Å²) in [7, 11) is -3.36. The molecule has 0 aliphatic rings. The van der Waals surface area contributed by atoms with Gasteiger partial charge in [-0.1, -0.05) is 6.07 Å². The van der Waals surface area contributed by atoms with Crippen molar-refractivity contribution in [1.82, 2.24) is 14.8 Å². The lowest BCUT2D eigenvalue weighted by molar-refractivity contribution is 0.102. The predicted molar refractivity (Wildman–Crippen MR) is 105 cm³/mol. The zero-order valence-corrected chi connectivity index (χ0v) is 16.8. The van der Waals surface area contributed by atoms with Gasteiger partial charge in [-0.2, -0.15) is 5.10 Å². The Morgan fingerprint density at radius 1 is 1.19 bits per heavy atom. The number of nitrogens with one attached hydrogen (secondary N) is 1. The largest absolute Gasteiger partial charge is 0.322 e. The molecule has 3 aromatic rings. The second-order valence-corrected chi connectivity index (χ2v) is 8.94. The molecule has 0 fully saturated rings. The predicted octanol–water partition coefficient (Wildman–Crippen LogP) is 3.28. The van der Waals surface area contributed by atoms with Crippen LogP contribution in [0.25, 0.3) is 11.0 Å². The number of fused-ring (bicyclic) bond motifs is 1. The normalized spacial score (nSPS) is 11.9. The van der Waals surface area contributed by atoms with Crippen molar-refractivity contribution in [3.63, 3.8) is 0 Å². The lowest BCUT2D eigenvalue weighted by Gasteiger charge is -2.12. The average molecular weight is 386 g/mol. The molecule has 0 aliphatic heterocycles. The van der Waals surface area contributed by atoms with Crippen LogP contribution in [0.1, 0.15) is 41.5 Å². The summed E-state index contributed by atoms with van der Waals surface area (Å²) in [4.78, 5) is 17.5. The summed E-state index contributed by atoms with van der Waals surface area (Å²) in [6.07, 6.45) is 2.83. The molecule has 0 saturated carbocycles. The smallest absolute Gasteiger partial charge is 0.257 e. The monoisotopic (exact) mass is 386 g/mol. The standard InChI is InChI=1S/C19H22N4O3S/c1-11(2)23-18-14(10-20-23)8-16(13(4)21-18)19(24)22-17-9-15(27(5,25)26)7-6-12(17)3/h6-11H,1-5H3,(H,22,24). The van der Waals surface area contributed by atoms with E-state index in [0.29, 0.717) is 16.9 Å². The van der Waals surface area contributed by atoms with Gasteiger partial charge in [-0.3, -0.25) is 4.79 Å². The van der Waals surface area contributed by atoms with E-state index in [0.717, 1.165) is 22.9 Å². The molecule has 1 aromatic carbocycles. The van der Waals surface area contributed by atoms with E-state index >= 15 is 0 Å². The Morgan fingerprint density at radius 2 is 1.89 bits per heavy atom. The molecular weight excluding hydrogens is 364 g/mol. The Bertz CT molecular complexity index is 1150. The highest BCUT2D eigenvalue weighted by atomic mass is 32.2. The fraction of sp³-hybridized carbons (Fsp3) is 0.316. The summed E-state index contributed by atoms with van der Waals surface area (Å²) < 4.78 is 25.4. The Morgan fingerprint density at radius 3 is 2.52 bits per heavy atom. The summed E-state index contributed by atoms with van der Waals surface area (Å²) in [5, 5.41) is 7.91. The summed E-state index contributed by atoms with van der Waals surface area (Å²) >= 11 is 0. The van der Waals surface area contributed by atoms with Crippen LogP contribution in [0.3, 0.4) is 0 Å². The van der Waals surface area contributed by atoms with Gasteiger partial charge >= 0.3 is 0 Å². The maximum atomic E-state index is 12.8. The Balaban J connectivity index is 1.99. The third-order valence-electron chi connectivity index (χ3n) is 4.38. The SMILES string of the molecule is Cc1ccc(S(C)(=O)=O)cc1NC(=O)c1cc2cnn(C(C)C)c2nc1C. The molecule has 0 spiro atoms. The van der Waals surface area contributed by atoms with Crippen LogP contribution in [-0.2, 0) is 9.84 Å². The van der Waals surface area contributed by atoms with Gasteiger partial charge in [0.1, 0.15) is 0 Å². The van der Waals surface area contributed by atoms with Crippen LogP contribution in [0.15, 0.2) is 35.4 Å². The van der Waals surface area contributed by atoms with E-state index in [2.05, 4.69) is 15.4 Å². The minimum Gasteiger partial charge on any atom is -0.322 e. The number of hydrogen-bond donors (Lipinski definition) is 1.